The maximum atomic E-state index is 12.8. The van der Waals surface area contributed by atoms with Gasteiger partial charge in [-0.3, -0.25) is 0 Å². The van der Waals surface area contributed by atoms with E-state index < -0.39 is 11.7 Å². The summed E-state index contributed by atoms with van der Waals surface area (Å²) in [6, 6.07) is 3.25. The van der Waals surface area contributed by atoms with Crippen LogP contribution in [0.5, 0.6) is 0 Å². The minimum absolute atomic E-state index is 0.0601. The standard InChI is InChI=1S/C8H4F4N2/c9-8(10,11)5-2-1-3-6-7(5)13-4-14(6)12/h1-4H. The summed E-state index contributed by atoms with van der Waals surface area (Å²) in [6.07, 6.45) is -3.80. The van der Waals surface area contributed by atoms with Gasteiger partial charge in [0.2, 0.25) is 0 Å². The first-order chi connectivity index (χ1) is 6.50. The minimum atomic E-state index is -4.51. The molecule has 0 aliphatic rings. The summed E-state index contributed by atoms with van der Waals surface area (Å²) in [5.41, 5.74) is -1.48. The average Bonchev–Trinajstić information content (AvgIpc) is 2.46. The fraction of sp³-hybridized carbons (Fsp3) is 0.125. The van der Waals surface area contributed by atoms with Gasteiger partial charge in [0.05, 0.1) is 5.56 Å². The topological polar surface area (TPSA) is 17.8 Å². The molecule has 0 saturated heterocycles. The van der Waals surface area contributed by atoms with Gasteiger partial charge in [-0.1, -0.05) is 10.5 Å². The largest absolute Gasteiger partial charge is 0.418 e. The van der Waals surface area contributed by atoms with Crippen molar-refractivity contribution in [2.24, 2.45) is 0 Å². The van der Waals surface area contributed by atoms with Gasteiger partial charge < -0.3 is 0 Å². The van der Waals surface area contributed by atoms with Crippen molar-refractivity contribution < 1.29 is 17.7 Å². The molecule has 0 spiro atoms. The van der Waals surface area contributed by atoms with E-state index in [9.17, 15) is 17.7 Å². The third-order valence-electron chi connectivity index (χ3n) is 1.84. The van der Waals surface area contributed by atoms with Gasteiger partial charge in [0.25, 0.3) is 0 Å². The van der Waals surface area contributed by atoms with Crippen LogP contribution < -0.4 is 0 Å². The lowest BCUT2D eigenvalue weighted by atomic mass is 10.2. The van der Waals surface area contributed by atoms with Crippen molar-refractivity contribution in [2.45, 2.75) is 6.18 Å². The summed E-state index contributed by atoms with van der Waals surface area (Å²) in [6.45, 7) is 0. The molecule has 0 aliphatic heterocycles. The van der Waals surface area contributed by atoms with E-state index in [4.69, 9.17) is 0 Å². The molecule has 0 bridgehead atoms. The van der Waals surface area contributed by atoms with Gasteiger partial charge in [-0.2, -0.15) is 18.0 Å². The Bertz CT molecular complexity index is 472. The van der Waals surface area contributed by atoms with Crippen LogP contribution in [-0.2, 0) is 6.18 Å². The molecule has 1 aromatic heterocycles. The van der Waals surface area contributed by atoms with Crippen LogP contribution in [-0.4, -0.2) is 9.77 Å². The zero-order chi connectivity index (χ0) is 10.3. The second kappa shape index (κ2) is 2.70. The Morgan fingerprint density at radius 2 is 1.93 bits per heavy atom. The van der Waals surface area contributed by atoms with Crippen LogP contribution in [0.3, 0.4) is 0 Å². The third-order valence-corrected chi connectivity index (χ3v) is 1.84. The van der Waals surface area contributed by atoms with E-state index in [1.165, 1.54) is 6.07 Å². The molecule has 2 nitrogen and oxygen atoms in total. The van der Waals surface area contributed by atoms with Crippen molar-refractivity contribution in [3.05, 3.63) is 30.1 Å². The number of hydrogen-bond acceptors (Lipinski definition) is 1. The van der Waals surface area contributed by atoms with Crippen LogP contribution in [0.4, 0.5) is 17.7 Å². The number of para-hydroxylation sites is 1. The van der Waals surface area contributed by atoms with Gasteiger partial charge in [0.1, 0.15) is 17.4 Å². The predicted molar refractivity (Wildman–Crippen MR) is 41.2 cm³/mol. The fourth-order valence-corrected chi connectivity index (χ4v) is 1.24. The lowest BCUT2D eigenvalue weighted by molar-refractivity contribution is -0.136. The number of nitrogens with zero attached hydrogens (tertiary/aromatic N) is 2. The molecule has 74 valence electrons. The lowest BCUT2D eigenvalue weighted by Crippen LogP contribution is -2.05. The molecule has 0 amide bonds. The highest BCUT2D eigenvalue weighted by Crippen LogP contribution is 2.33. The highest BCUT2D eigenvalue weighted by Gasteiger charge is 2.33. The van der Waals surface area contributed by atoms with Crippen LogP contribution in [0.2, 0.25) is 0 Å². The van der Waals surface area contributed by atoms with E-state index >= 15 is 0 Å². The Morgan fingerprint density at radius 1 is 1.21 bits per heavy atom. The molecular weight excluding hydrogens is 200 g/mol. The summed E-state index contributed by atoms with van der Waals surface area (Å²) in [7, 11) is 0. The molecule has 0 N–H and O–H groups in total. The Labute approximate surface area is 75.7 Å². The normalized spacial score (nSPS) is 12.3. The quantitative estimate of drug-likeness (QED) is 0.603. The van der Waals surface area contributed by atoms with E-state index in [2.05, 4.69) is 4.98 Å². The Balaban J connectivity index is 2.79. The summed E-state index contributed by atoms with van der Waals surface area (Å²) < 4.78 is 49.9. The van der Waals surface area contributed by atoms with E-state index in [-0.39, 0.29) is 15.8 Å². The SMILES string of the molecule is Fn1cnc2c(C(F)(F)F)cccc21. The maximum Gasteiger partial charge on any atom is 0.418 e. The number of benzene rings is 1. The van der Waals surface area contributed by atoms with Crippen LogP contribution in [0.25, 0.3) is 11.0 Å². The van der Waals surface area contributed by atoms with Gasteiger partial charge >= 0.3 is 6.18 Å². The molecule has 2 aromatic rings. The Morgan fingerprint density at radius 3 is 2.57 bits per heavy atom. The number of aromatic nitrogens is 2. The molecule has 0 unspecified atom stereocenters. The molecule has 0 fully saturated rings. The monoisotopic (exact) mass is 204 g/mol. The highest BCUT2D eigenvalue weighted by atomic mass is 19.4. The Kier molecular flexibility index (Phi) is 1.73. The van der Waals surface area contributed by atoms with Gasteiger partial charge in [0.15, 0.2) is 0 Å². The van der Waals surface area contributed by atoms with Crippen LogP contribution in [0.15, 0.2) is 24.5 Å². The first-order valence-corrected chi connectivity index (χ1v) is 3.69. The molecular formula is C8H4F4N2. The highest BCUT2D eigenvalue weighted by molar-refractivity contribution is 5.79. The molecule has 1 heterocycles. The van der Waals surface area contributed by atoms with Crippen molar-refractivity contribution in [1.29, 1.82) is 0 Å². The third kappa shape index (κ3) is 1.23. The molecule has 0 saturated carbocycles. The molecule has 0 radical (unpaired) electrons. The van der Waals surface area contributed by atoms with Crippen molar-refractivity contribution in [3.8, 4) is 0 Å². The number of imidazole rings is 1. The van der Waals surface area contributed by atoms with Gasteiger partial charge in [-0.15, -0.1) is 0 Å². The van der Waals surface area contributed by atoms with Crippen molar-refractivity contribution >= 4 is 11.0 Å². The van der Waals surface area contributed by atoms with Crippen LogP contribution in [0, 0.1) is 0 Å². The number of fused-ring (bicyclic) bond motifs is 1. The van der Waals surface area contributed by atoms with Gasteiger partial charge in [-0.05, 0) is 12.1 Å². The molecule has 0 atom stereocenters. The summed E-state index contributed by atoms with van der Waals surface area (Å²) >= 11 is 0. The molecule has 14 heavy (non-hydrogen) atoms. The minimum Gasteiger partial charge on any atom is -0.233 e. The second-order valence-electron chi connectivity index (χ2n) is 2.73. The summed E-state index contributed by atoms with van der Waals surface area (Å²) in [5.74, 6) is 0. The van der Waals surface area contributed by atoms with Crippen LogP contribution >= 0.6 is 0 Å². The molecule has 2 rings (SSSR count). The number of alkyl halides is 3. The van der Waals surface area contributed by atoms with Crippen molar-refractivity contribution in [2.75, 3.05) is 0 Å². The Hall–Kier alpha value is -1.59. The zero-order valence-electron chi connectivity index (χ0n) is 6.72. The molecule has 6 heteroatoms. The lowest BCUT2D eigenvalue weighted by Gasteiger charge is -2.06. The van der Waals surface area contributed by atoms with E-state index in [1.807, 2.05) is 0 Å². The maximum absolute atomic E-state index is 12.8. The fourth-order valence-electron chi connectivity index (χ4n) is 1.24. The van der Waals surface area contributed by atoms with E-state index in [1.54, 1.807) is 0 Å². The van der Waals surface area contributed by atoms with Crippen molar-refractivity contribution in [3.63, 3.8) is 0 Å². The van der Waals surface area contributed by atoms with E-state index in [0.717, 1.165) is 12.1 Å². The number of halogens is 4. The summed E-state index contributed by atoms with van der Waals surface area (Å²) in [5, 5.41) is 0. The van der Waals surface area contributed by atoms with Crippen molar-refractivity contribution in [1.82, 2.24) is 9.77 Å². The smallest absolute Gasteiger partial charge is 0.233 e. The average molecular weight is 204 g/mol. The van der Waals surface area contributed by atoms with Crippen LogP contribution in [0.1, 0.15) is 5.56 Å². The first-order valence-electron chi connectivity index (χ1n) is 3.69. The van der Waals surface area contributed by atoms with Gasteiger partial charge in [0, 0.05) is 0 Å². The molecule has 1 aromatic carbocycles. The first kappa shape index (κ1) is 8.98. The molecule has 0 aliphatic carbocycles. The predicted octanol–water partition coefficient (Wildman–Crippen LogP) is 2.79. The zero-order valence-corrected chi connectivity index (χ0v) is 6.72. The summed E-state index contributed by atoms with van der Waals surface area (Å²) in [4.78, 5) is 3.41. The second-order valence-corrected chi connectivity index (χ2v) is 2.73. The van der Waals surface area contributed by atoms with Gasteiger partial charge in [-0.25, -0.2) is 4.98 Å². The number of rotatable bonds is 0. The number of hydrogen-bond donors (Lipinski definition) is 0. The van der Waals surface area contributed by atoms with E-state index in [0.29, 0.717) is 6.33 Å².